The molecule has 2 unspecified atom stereocenters. The molecule has 4 nitrogen and oxygen atoms in total. The normalized spacial score (nSPS) is 23.1. The predicted octanol–water partition coefficient (Wildman–Crippen LogP) is 2.88. The van der Waals surface area contributed by atoms with Gasteiger partial charge in [0, 0.05) is 24.6 Å². The summed E-state index contributed by atoms with van der Waals surface area (Å²) in [5.74, 6) is 0.746. The maximum atomic E-state index is 8.54. The first-order chi connectivity index (χ1) is 10.1. The van der Waals surface area contributed by atoms with Crippen molar-refractivity contribution in [1.82, 2.24) is 5.32 Å². The quantitative estimate of drug-likeness (QED) is 0.838. The number of nitrogens with one attached hydrogen (secondary N) is 1. The Labute approximate surface area is 127 Å². The minimum absolute atomic E-state index is 0.0859. The van der Waals surface area contributed by atoms with Gasteiger partial charge < -0.3 is 14.8 Å². The lowest BCUT2D eigenvalue weighted by molar-refractivity contribution is -0.114. The SMILES string of the molecule is CCOC1CC(NCc2cccc(OCC#N)c2)C1(C)C. The van der Waals surface area contributed by atoms with Gasteiger partial charge in [0.25, 0.3) is 0 Å². The molecule has 1 aliphatic rings. The fraction of sp³-hybridized carbons (Fsp3) is 0.588. The highest BCUT2D eigenvalue weighted by molar-refractivity contribution is 5.28. The summed E-state index contributed by atoms with van der Waals surface area (Å²) in [7, 11) is 0. The standard InChI is InChI=1S/C17H24N2O2/c1-4-20-16-11-15(17(16,2)3)19-12-13-6-5-7-14(10-13)21-9-8-18/h5-7,10,15-16,19H,4,9,11-12H2,1-3H3. The van der Waals surface area contributed by atoms with Crippen LogP contribution in [0.1, 0.15) is 32.8 Å². The van der Waals surface area contributed by atoms with Gasteiger partial charge in [0.05, 0.1) is 6.10 Å². The van der Waals surface area contributed by atoms with Gasteiger partial charge in [0.2, 0.25) is 0 Å². The summed E-state index contributed by atoms with van der Waals surface area (Å²) in [6.45, 7) is 8.21. The highest BCUT2D eigenvalue weighted by Crippen LogP contribution is 2.42. The smallest absolute Gasteiger partial charge is 0.174 e. The summed E-state index contributed by atoms with van der Waals surface area (Å²) in [5.41, 5.74) is 1.34. The summed E-state index contributed by atoms with van der Waals surface area (Å²) in [5, 5.41) is 12.1. The lowest BCUT2D eigenvalue weighted by atomic mass is 9.64. The third kappa shape index (κ3) is 3.75. The van der Waals surface area contributed by atoms with Crippen LogP contribution in [-0.4, -0.2) is 25.4 Å². The zero-order chi connectivity index (χ0) is 15.3. The first-order valence-corrected chi connectivity index (χ1v) is 7.51. The molecule has 2 atom stereocenters. The Morgan fingerprint density at radius 3 is 2.90 bits per heavy atom. The zero-order valence-corrected chi connectivity index (χ0v) is 13.1. The first-order valence-electron chi connectivity index (χ1n) is 7.51. The van der Waals surface area contributed by atoms with Gasteiger partial charge in [-0.15, -0.1) is 0 Å². The van der Waals surface area contributed by atoms with E-state index in [4.69, 9.17) is 14.7 Å². The predicted molar refractivity (Wildman–Crippen MR) is 82.0 cm³/mol. The van der Waals surface area contributed by atoms with Gasteiger partial charge in [0.15, 0.2) is 6.61 Å². The minimum atomic E-state index is 0.0859. The number of hydrogen-bond acceptors (Lipinski definition) is 4. The van der Waals surface area contributed by atoms with Crippen molar-refractivity contribution in [3.05, 3.63) is 29.8 Å². The van der Waals surface area contributed by atoms with E-state index < -0.39 is 0 Å². The van der Waals surface area contributed by atoms with Crippen LogP contribution >= 0.6 is 0 Å². The van der Waals surface area contributed by atoms with Crippen LogP contribution in [0.3, 0.4) is 0 Å². The highest BCUT2D eigenvalue weighted by atomic mass is 16.5. The van der Waals surface area contributed by atoms with E-state index >= 15 is 0 Å². The van der Waals surface area contributed by atoms with Crippen LogP contribution in [0.25, 0.3) is 0 Å². The van der Waals surface area contributed by atoms with Crippen LogP contribution in [-0.2, 0) is 11.3 Å². The molecule has 0 aliphatic heterocycles. The van der Waals surface area contributed by atoms with Crippen LogP contribution in [0.2, 0.25) is 0 Å². The summed E-state index contributed by atoms with van der Waals surface area (Å²) >= 11 is 0. The Morgan fingerprint density at radius 1 is 1.43 bits per heavy atom. The van der Waals surface area contributed by atoms with Gasteiger partial charge in [-0.05, 0) is 31.0 Å². The third-order valence-electron chi connectivity index (χ3n) is 4.30. The second-order valence-electron chi connectivity index (χ2n) is 6.03. The Morgan fingerprint density at radius 2 is 2.24 bits per heavy atom. The van der Waals surface area contributed by atoms with E-state index in [9.17, 15) is 0 Å². The molecule has 0 bridgehead atoms. The maximum Gasteiger partial charge on any atom is 0.174 e. The molecule has 0 heterocycles. The Kier molecular flexibility index (Phi) is 5.22. The number of ether oxygens (including phenoxy) is 2. The van der Waals surface area contributed by atoms with Crippen molar-refractivity contribution in [1.29, 1.82) is 5.26 Å². The second-order valence-corrected chi connectivity index (χ2v) is 6.03. The summed E-state index contributed by atoms with van der Waals surface area (Å²) < 4.78 is 11.1. The van der Waals surface area contributed by atoms with E-state index in [0.29, 0.717) is 12.1 Å². The van der Waals surface area contributed by atoms with Crippen molar-refractivity contribution >= 4 is 0 Å². The number of nitriles is 1. The van der Waals surface area contributed by atoms with Gasteiger partial charge in [-0.2, -0.15) is 5.26 Å². The van der Waals surface area contributed by atoms with Crippen molar-refractivity contribution < 1.29 is 9.47 Å². The molecule has 0 saturated heterocycles. The van der Waals surface area contributed by atoms with Gasteiger partial charge in [-0.3, -0.25) is 0 Å². The molecule has 2 rings (SSSR count). The van der Waals surface area contributed by atoms with Crippen LogP contribution in [0, 0.1) is 16.7 Å². The van der Waals surface area contributed by atoms with Gasteiger partial charge >= 0.3 is 0 Å². The van der Waals surface area contributed by atoms with E-state index in [1.165, 1.54) is 5.56 Å². The molecule has 1 N–H and O–H groups in total. The molecule has 1 fully saturated rings. The van der Waals surface area contributed by atoms with Crippen LogP contribution in [0.4, 0.5) is 0 Å². The molecule has 4 heteroatoms. The largest absolute Gasteiger partial charge is 0.479 e. The number of nitrogens with zero attached hydrogens (tertiary/aromatic N) is 1. The molecule has 114 valence electrons. The van der Waals surface area contributed by atoms with Crippen molar-refractivity contribution in [2.45, 2.75) is 45.9 Å². The van der Waals surface area contributed by atoms with Crippen LogP contribution in [0.5, 0.6) is 5.75 Å². The zero-order valence-electron chi connectivity index (χ0n) is 13.1. The molecule has 1 aromatic rings. The van der Waals surface area contributed by atoms with E-state index in [2.05, 4.69) is 25.2 Å². The van der Waals surface area contributed by atoms with Crippen molar-refractivity contribution in [3.63, 3.8) is 0 Å². The molecule has 0 radical (unpaired) electrons. The van der Waals surface area contributed by atoms with E-state index in [0.717, 1.165) is 25.3 Å². The second kappa shape index (κ2) is 6.93. The average molecular weight is 288 g/mol. The topological polar surface area (TPSA) is 54.3 Å². The minimum Gasteiger partial charge on any atom is -0.479 e. The van der Waals surface area contributed by atoms with Gasteiger partial charge in [0.1, 0.15) is 11.8 Å². The summed E-state index contributed by atoms with van der Waals surface area (Å²) in [4.78, 5) is 0. The maximum absolute atomic E-state index is 8.54. The van der Waals surface area contributed by atoms with Crippen LogP contribution in [0.15, 0.2) is 24.3 Å². The lowest BCUT2D eigenvalue weighted by Crippen LogP contribution is -2.60. The Balaban J connectivity index is 1.85. The molecule has 1 saturated carbocycles. The number of rotatable bonds is 7. The monoisotopic (exact) mass is 288 g/mol. The lowest BCUT2D eigenvalue weighted by Gasteiger charge is -2.52. The van der Waals surface area contributed by atoms with E-state index in [1.54, 1.807) is 0 Å². The Bertz CT molecular complexity index is 508. The molecular weight excluding hydrogens is 264 g/mol. The van der Waals surface area contributed by atoms with Gasteiger partial charge in [-0.25, -0.2) is 0 Å². The molecule has 0 amide bonds. The molecule has 1 aromatic carbocycles. The molecule has 0 spiro atoms. The summed E-state index contributed by atoms with van der Waals surface area (Å²) in [6, 6.07) is 10.3. The van der Waals surface area contributed by atoms with Crippen molar-refractivity contribution in [2.75, 3.05) is 13.2 Å². The molecular formula is C17H24N2O2. The number of hydrogen-bond donors (Lipinski definition) is 1. The van der Waals surface area contributed by atoms with Crippen molar-refractivity contribution in [2.24, 2.45) is 5.41 Å². The van der Waals surface area contributed by atoms with Crippen LogP contribution < -0.4 is 10.1 Å². The first kappa shape index (κ1) is 15.8. The average Bonchev–Trinajstić information content (AvgIpc) is 2.48. The van der Waals surface area contributed by atoms with Gasteiger partial charge in [-0.1, -0.05) is 26.0 Å². The molecule has 0 aromatic heterocycles. The van der Waals surface area contributed by atoms with E-state index in [-0.39, 0.29) is 12.0 Å². The molecule has 1 aliphatic carbocycles. The molecule has 21 heavy (non-hydrogen) atoms. The van der Waals surface area contributed by atoms with Crippen molar-refractivity contribution in [3.8, 4) is 11.8 Å². The third-order valence-corrected chi connectivity index (χ3v) is 4.30. The Hall–Kier alpha value is -1.57. The highest BCUT2D eigenvalue weighted by Gasteiger charge is 2.48. The van der Waals surface area contributed by atoms with E-state index in [1.807, 2.05) is 31.2 Å². The number of benzene rings is 1. The fourth-order valence-corrected chi connectivity index (χ4v) is 2.82. The summed E-state index contributed by atoms with van der Waals surface area (Å²) in [6.07, 6.45) is 1.41. The fourth-order valence-electron chi connectivity index (χ4n) is 2.82.